The molecule has 0 nitrogen and oxygen atoms in total. The second-order valence-electron chi connectivity index (χ2n) is 1.01. The highest BCUT2D eigenvalue weighted by molar-refractivity contribution is 7.85. The fraction of sp³-hybridized carbons (Fsp3) is 1.00. The lowest BCUT2D eigenvalue weighted by Crippen LogP contribution is -2.27. The molecule has 0 bridgehead atoms. The average molecular weight is 184 g/mol. The summed E-state index contributed by atoms with van der Waals surface area (Å²) in [6.45, 7) is 0. The molecule has 0 N–H and O–H groups in total. The van der Waals surface area contributed by atoms with Crippen LogP contribution in [0.1, 0.15) is 0 Å². The van der Waals surface area contributed by atoms with E-state index in [2.05, 4.69) is 35.8 Å². The van der Waals surface area contributed by atoms with Gasteiger partial charge in [0.1, 0.15) is 0 Å². The standard InChI is InChI=1S/C2Cl2F3S/c3-1(4,8)2(5,6)7. The average Bonchev–Trinajstić information content (AvgIpc) is 1.25. The molecule has 0 heterocycles. The molecule has 49 valence electrons. The van der Waals surface area contributed by atoms with Crippen molar-refractivity contribution in [3.63, 3.8) is 0 Å². The quantitative estimate of drug-likeness (QED) is 0.507. The zero-order valence-electron chi connectivity index (χ0n) is 3.30. The van der Waals surface area contributed by atoms with Crippen LogP contribution in [-0.2, 0) is 0 Å². The molecule has 0 spiro atoms. The second kappa shape index (κ2) is 2.15. The van der Waals surface area contributed by atoms with Crippen LogP contribution in [0.4, 0.5) is 13.2 Å². The minimum Gasteiger partial charge on any atom is -0.167 e. The minimum absolute atomic E-state index is 3.03. The molecule has 6 heteroatoms. The van der Waals surface area contributed by atoms with E-state index in [9.17, 15) is 13.2 Å². The van der Waals surface area contributed by atoms with Crippen molar-refractivity contribution in [2.75, 3.05) is 0 Å². The van der Waals surface area contributed by atoms with Crippen LogP contribution in [-0.4, -0.2) is 9.84 Å². The molecule has 0 aliphatic carbocycles. The maximum Gasteiger partial charge on any atom is 0.431 e. The van der Waals surface area contributed by atoms with E-state index in [4.69, 9.17) is 0 Å². The van der Waals surface area contributed by atoms with Crippen molar-refractivity contribution in [1.29, 1.82) is 0 Å². The molecule has 0 saturated heterocycles. The molecule has 0 saturated carbocycles. The monoisotopic (exact) mass is 183 g/mol. The molecule has 0 fully saturated rings. The largest absolute Gasteiger partial charge is 0.431 e. The third-order valence-electron chi connectivity index (χ3n) is 0.330. The van der Waals surface area contributed by atoms with Gasteiger partial charge >= 0.3 is 6.18 Å². The van der Waals surface area contributed by atoms with Crippen molar-refractivity contribution >= 4 is 35.8 Å². The lowest BCUT2D eigenvalue weighted by atomic mass is 10.8. The summed E-state index contributed by atoms with van der Waals surface area (Å²) in [7, 11) is 0. The Balaban J connectivity index is 4.02. The lowest BCUT2D eigenvalue weighted by Gasteiger charge is -2.14. The van der Waals surface area contributed by atoms with Gasteiger partial charge in [0, 0.05) is 0 Å². The second-order valence-corrected chi connectivity index (χ2v) is 3.40. The van der Waals surface area contributed by atoms with Gasteiger partial charge in [0.25, 0.3) is 3.67 Å². The highest BCUT2D eigenvalue weighted by atomic mass is 35.5. The van der Waals surface area contributed by atoms with Gasteiger partial charge in [-0.05, 0) is 12.6 Å². The van der Waals surface area contributed by atoms with Crippen LogP contribution in [0.3, 0.4) is 0 Å². The molecule has 0 aliphatic heterocycles. The van der Waals surface area contributed by atoms with E-state index < -0.39 is 9.84 Å². The summed E-state index contributed by atoms with van der Waals surface area (Å²) >= 11 is 12.6. The Bertz CT molecular complexity index is 70.3. The normalized spacial score (nSPS) is 14.2. The van der Waals surface area contributed by atoms with Gasteiger partial charge in [-0.25, -0.2) is 0 Å². The SMILES string of the molecule is FC(F)(F)C([S])(Cl)Cl. The lowest BCUT2D eigenvalue weighted by molar-refractivity contribution is -0.122. The van der Waals surface area contributed by atoms with Crippen LogP contribution in [0.25, 0.3) is 0 Å². The van der Waals surface area contributed by atoms with Gasteiger partial charge in [-0.2, -0.15) is 13.2 Å². The number of hydrogen-bond donors (Lipinski definition) is 0. The highest BCUT2D eigenvalue weighted by Crippen LogP contribution is 2.42. The maximum absolute atomic E-state index is 11.2. The fourth-order valence-corrected chi connectivity index (χ4v) is 0. The fourth-order valence-electron chi connectivity index (χ4n) is 0. The number of rotatable bonds is 0. The maximum atomic E-state index is 11.2. The van der Waals surface area contributed by atoms with E-state index in [-0.39, 0.29) is 0 Å². The number of hydrogen-bond acceptors (Lipinski definition) is 0. The van der Waals surface area contributed by atoms with Crippen LogP contribution < -0.4 is 0 Å². The summed E-state index contributed by atoms with van der Waals surface area (Å²) < 4.78 is 30.5. The van der Waals surface area contributed by atoms with Crippen molar-refractivity contribution in [2.45, 2.75) is 9.84 Å². The molecule has 0 unspecified atom stereocenters. The Morgan fingerprint density at radius 2 is 1.25 bits per heavy atom. The molecule has 0 aliphatic rings. The first-order valence-electron chi connectivity index (χ1n) is 1.40. The van der Waals surface area contributed by atoms with E-state index in [1.165, 1.54) is 0 Å². The zero-order chi connectivity index (χ0) is 7.00. The van der Waals surface area contributed by atoms with Crippen LogP contribution in [0, 0.1) is 0 Å². The van der Waals surface area contributed by atoms with E-state index >= 15 is 0 Å². The van der Waals surface area contributed by atoms with Crippen LogP contribution >= 0.6 is 35.8 Å². The smallest absolute Gasteiger partial charge is 0.167 e. The third kappa shape index (κ3) is 2.33. The predicted molar refractivity (Wildman–Crippen MR) is 28.1 cm³/mol. The summed E-state index contributed by atoms with van der Waals surface area (Å²) in [5, 5.41) is 0. The number of alkyl halides is 5. The molecule has 1 radical (unpaired) electrons. The Morgan fingerprint density at radius 3 is 1.25 bits per heavy atom. The van der Waals surface area contributed by atoms with Gasteiger partial charge in [0.05, 0.1) is 0 Å². The first-order chi connectivity index (χ1) is 3.25. The summed E-state index contributed by atoms with van der Waals surface area (Å²) in [4.78, 5) is 0. The molecule has 0 rings (SSSR count). The summed E-state index contributed by atoms with van der Waals surface area (Å²) in [5.74, 6) is 0. The molecule has 0 amide bonds. The molecule has 8 heavy (non-hydrogen) atoms. The Hall–Kier alpha value is 0.720. The van der Waals surface area contributed by atoms with Gasteiger partial charge in [-0.1, -0.05) is 23.2 Å². The van der Waals surface area contributed by atoms with Gasteiger partial charge in [0.2, 0.25) is 0 Å². The topological polar surface area (TPSA) is 0 Å². The molecule has 0 atom stereocenters. The Labute approximate surface area is 59.4 Å². The third-order valence-corrected chi connectivity index (χ3v) is 0.990. The minimum atomic E-state index is -4.72. The summed E-state index contributed by atoms with van der Waals surface area (Å²) in [6.07, 6.45) is -4.72. The molecular weight excluding hydrogens is 184 g/mol. The molecule has 0 aromatic heterocycles. The van der Waals surface area contributed by atoms with E-state index in [0.717, 1.165) is 0 Å². The summed E-state index contributed by atoms with van der Waals surface area (Å²) in [6, 6.07) is 0. The van der Waals surface area contributed by atoms with E-state index in [1.807, 2.05) is 0 Å². The molecule has 0 aromatic carbocycles. The van der Waals surface area contributed by atoms with Gasteiger partial charge < -0.3 is 0 Å². The molecular formula is C2Cl2F3S. The summed E-state index contributed by atoms with van der Waals surface area (Å²) in [5.41, 5.74) is 0. The van der Waals surface area contributed by atoms with E-state index in [0.29, 0.717) is 0 Å². The van der Waals surface area contributed by atoms with Gasteiger partial charge in [-0.15, -0.1) is 0 Å². The first kappa shape index (κ1) is 8.72. The number of halogens is 5. The van der Waals surface area contributed by atoms with E-state index in [1.54, 1.807) is 0 Å². The zero-order valence-corrected chi connectivity index (χ0v) is 5.63. The van der Waals surface area contributed by atoms with Gasteiger partial charge in [0.15, 0.2) is 0 Å². The Kier molecular flexibility index (Phi) is 2.35. The first-order valence-corrected chi connectivity index (χ1v) is 2.56. The van der Waals surface area contributed by atoms with Gasteiger partial charge in [-0.3, -0.25) is 0 Å². The van der Waals surface area contributed by atoms with Crippen molar-refractivity contribution in [3.8, 4) is 0 Å². The van der Waals surface area contributed by atoms with Crippen molar-refractivity contribution in [1.82, 2.24) is 0 Å². The van der Waals surface area contributed by atoms with Crippen molar-refractivity contribution in [3.05, 3.63) is 0 Å². The van der Waals surface area contributed by atoms with Crippen LogP contribution in [0.5, 0.6) is 0 Å². The van der Waals surface area contributed by atoms with Crippen LogP contribution in [0.2, 0.25) is 0 Å². The highest BCUT2D eigenvalue weighted by Gasteiger charge is 2.50. The Morgan fingerprint density at radius 1 is 1.12 bits per heavy atom. The molecule has 0 aromatic rings. The predicted octanol–water partition coefficient (Wildman–Crippen LogP) is 2.88. The van der Waals surface area contributed by atoms with Crippen molar-refractivity contribution < 1.29 is 13.2 Å². The van der Waals surface area contributed by atoms with Crippen LogP contribution in [0.15, 0.2) is 0 Å². The van der Waals surface area contributed by atoms with Crippen molar-refractivity contribution in [2.24, 2.45) is 0 Å².